The molecule has 0 aliphatic carbocycles. The molecule has 35 heavy (non-hydrogen) atoms. The Kier molecular flexibility index (Phi) is 13.5. The average molecular weight is 501 g/mol. The Morgan fingerprint density at radius 2 is 1.09 bits per heavy atom. The Morgan fingerprint density at radius 3 is 1.40 bits per heavy atom. The number of hydrogen-bond acceptors (Lipinski definition) is 6. The SMILES string of the molecule is CCCCC1(CC)COC(OC(OC2OCC(CC)(CCCC)CO2)C(C)(CC)CCCC)OC1. The first-order valence-electron chi connectivity index (χ1n) is 14.6. The molecule has 2 fully saturated rings. The minimum atomic E-state index is -0.725. The molecule has 0 saturated carbocycles. The number of rotatable bonds is 17. The van der Waals surface area contributed by atoms with Crippen molar-refractivity contribution in [3.05, 3.63) is 0 Å². The van der Waals surface area contributed by atoms with Crippen molar-refractivity contribution >= 4 is 0 Å². The largest absolute Gasteiger partial charge is 0.329 e. The van der Waals surface area contributed by atoms with Gasteiger partial charge in [0.05, 0.1) is 26.4 Å². The first-order chi connectivity index (χ1) is 16.8. The van der Waals surface area contributed by atoms with Crippen LogP contribution in [0.4, 0.5) is 0 Å². The van der Waals surface area contributed by atoms with Gasteiger partial charge in [-0.25, -0.2) is 0 Å². The summed E-state index contributed by atoms with van der Waals surface area (Å²) in [6, 6.07) is 0. The zero-order chi connectivity index (χ0) is 25.8. The molecule has 208 valence electrons. The van der Waals surface area contributed by atoms with E-state index in [0.717, 1.165) is 51.4 Å². The lowest BCUT2D eigenvalue weighted by Gasteiger charge is -2.45. The van der Waals surface area contributed by atoms with Crippen molar-refractivity contribution < 1.29 is 28.4 Å². The van der Waals surface area contributed by atoms with Crippen LogP contribution >= 0.6 is 0 Å². The highest BCUT2D eigenvalue weighted by atomic mass is 16.9. The predicted octanol–water partition coefficient (Wildman–Crippen LogP) is 7.79. The molecule has 1 unspecified atom stereocenters. The van der Waals surface area contributed by atoms with Gasteiger partial charge in [0, 0.05) is 16.2 Å². The molecule has 0 spiro atoms. The van der Waals surface area contributed by atoms with E-state index in [4.69, 9.17) is 28.4 Å². The third kappa shape index (κ3) is 8.93. The van der Waals surface area contributed by atoms with Gasteiger partial charge < -0.3 is 18.9 Å². The molecule has 0 radical (unpaired) electrons. The van der Waals surface area contributed by atoms with E-state index in [-0.39, 0.29) is 16.2 Å². The molecular weight excluding hydrogens is 444 g/mol. The van der Waals surface area contributed by atoms with E-state index in [1.807, 2.05) is 0 Å². The van der Waals surface area contributed by atoms with Crippen molar-refractivity contribution in [2.75, 3.05) is 26.4 Å². The Labute approximate surface area is 216 Å². The smallest absolute Gasteiger partial charge is 0.273 e. The molecule has 2 aliphatic rings. The van der Waals surface area contributed by atoms with E-state index in [9.17, 15) is 0 Å². The summed E-state index contributed by atoms with van der Waals surface area (Å²) >= 11 is 0. The molecule has 0 amide bonds. The maximum atomic E-state index is 6.41. The van der Waals surface area contributed by atoms with Crippen LogP contribution in [0.1, 0.15) is 126 Å². The van der Waals surface area contributed by atoms with E-state index in [2.05, 4.69) is 48.5 Å². The second-order valence-electron chi connectivity index (χ2n) is 11.5. The fourth-order valence-electron chi connectivity index (χ4n) is 5.07. The highest BCUT2D eigenvalue weighted by Gasteiger charge is 2.43. The Bertz CT molecular complexity index is 515. The van der Waals surface area contributed by atoms with Gasteiger partial charge in [0.15, 0.2) is 6.29 Å². The summed E-state index contributed by atoms with van der Waals surface area (Å²) in [4.78, 5) is 0. The van der Waals surface area contributed by atoms with Gasteiger partial charge >= 0.3 is 0 Å². The number of ether oxygens (including phenoxy) is 6. The molecule has 0 aromatic carbocycles. The summed E-state index contributed by atoms with van der Waals surface area (Å²) in [5.41, 5.74) is -0.0292. The fourth-order valence-corrected chi connectivity index (χ4v) is 5.07. The van der Waals surface area contributed by atoms with E-state index < -0.39 is 19.2 Å². The minimum absolute atomic E-state index is 0.0834. The van der Waals surface area contributed by atoms with E-state index in [0.29, 0.717) is 26.4 Å². The number of unbranched alkanes of at least 4 members (excludes halogenated alkanes) is 3. The van der Waals surface area contributed by atoms with Crippen molar-refractivity contribution in [3.63, 3.8) is 0 Å². The normalized spacial score (nSPS) is 32.3. The van der Waals surface area contributed by atoms with Crippen LogP contribution < -0.4 is 0 Å². The van der Waals surface area contributed by atoms with Crippen molar-refractivity contribution in [3.8, 4) is 0 Å². The van der Waals surface area contributed by atoms with Crippen LogP contribution in [-0.2, 0) is 28.4 Å². The third-order valence-corrected chi connectivity index (χ3v) is 8.67. The summed E-state index contributed by atoms with van der Waals surface area (Å²) in [7, 11) is 0. The summed E-state index contributed by atoms with van der Waals surface area (Å²) < 4.78 is 37.3. The molecule has 2 saturated heterocycles. The first-order valence-corrected chi connectivity index (χ1v) is 14.6. The zero-order valence-corrected chi connectivity index (χ0v) is 24.0. The van der Waals surface area contributed by atoms with E-state index >= 15 is 0 Å². The first kappa shape index (κ1) is 31.0. The van der Waals surface area contributed by atoms with Crippen molar-refractivity contribution in [1.29, 1.82) is 0 Å². The summed E-state index contributed by atoms with van der Waals surface area (Å²) in [5, 5.41) is 0. The Hall–Kier alpha value is -0.240. The van der Waals surface area contributed by atoms with Crippen molar-refractivity contribution in [2.45, 2.75) is 145 Å². The van der Waals surface area contributed by atoms with Crippen LogP contribution in [0.3, 0.4) is 0 Å². The standard InChI is InChI=1S/C29H56O6/c1-8-14-17-27(7,11-4)24(34-25-30-20-28(12-5,21-31-25)18-15-9-2)35-26-32-22-29(13-6,23-33-26)19-16-10-3/h24-26H,8-23H2,1-7H3. The second-order valence-corrected chi connectivity index (χ2v) is 11.5. The van der Waals surface area contributed by atoms with E-state index in [1.165, 1.54) is 25.7 Å². The highest BCUT2D eigenvalue weighted by Crippen LogP contribution is 2.40. The molecule has 6 nitrogen and oxygen atoms in total. The maximum Gasteiger partial charge on any atom is 0.273 e. The van der Waals surface area contributed by atoms with Gasteiger partial charge in [0.1, 0.15) is 0 Å². The molecule has 6 heteroatoms. The molecule has 2 aliphatic heterocycles. The summed E-state index contributed by atoms with van der Waals surface area (Å²) in [6.07, 6.45) is 12.7. The van der Waals surface area contributed by atoms with Gasteiger partial charge in [0.2, 0.25) is 0 Å². The molecular formula is C29H56O6. The quantitative estimate of drug-likeness (QED) is 0.190. The average Bonchev–Trinajstić information content (AvgIpc) is 2.90. The predicted molar refractivity (Wildman–Crippen MR) is 140 cm³/mol. The number of hydrogen-bond donors (Lipinski definition) is 0. The van der Waals surface area contributed by atoms with Gasteiger partial charge in [-0.05, 0) is 38.5 Å². The second kappa shape index (κ2) is 15.2. The van der Waals surface area contributed by atoms with Crippen molar-refractivity contribution in [2.24, 2.45) is 16.2 Å². The topological polar surface area (TPSA) is 55.4 Å². The monoisotopic (exact) mass is 500 g/mol. The zero-order valence-electron chi connectivity index (χ0n) is 24.0. The molecule has 1 atom stereocenters. The molecule has 0 N–H and O–H groups in total. The van der Waals surface area contributed by atoms with Crippen LogP contribution in [0.15, 0.2) is 0 Å². The van der Waals surface area contributed by atoms with Gasteiger partial charge in [-0.15, -0.1) is 0 Å². The fraction of sp³-hybridized carbons (Fsp3) is 1.00. The Morgan fingerprint density at radius 1 is 0.686 bits per heavy atom. The van der Waals surface area contributed by atoms with Crippen LogP contribution in [0.2, 0.25) is 0 Å². The van der Waals surface area contributed by atoms with Crippen LogP contribution in [0.5, 0.6) is 0 Å². The Balaban J connectivity index is 2.04. The molecule has 2 heterocycles. The van der Waals surface area contributed by atoms with Crippen LogP contribution in [0, 0.1) is 16.2 Å². The maximum absolute atomic E-state index is 6.41. The van der Waals surface area contributed by atoms with Gasteiger partial charge in [-0.2, -0.15) is 0 Å². The lowest BCUT2D eigenvalue weighted by molar-refractivity contribution is -0.439. The molecule has 2 rings (SSSR count). The van der Waals surface area contributed by atoms with Crippen LogP contribution in [0.25, 0.3) is 0 Å². The van der Waals surface area contributed by atoms with Gasteiger partial charge in [-0.1, -0.05) is 87.0 Å². The van der Waals surface area contributed by atoms with E-state index in [1.54, 1.807) is 0 Å². The van der Waals surface area contributed by atoms with Crippen LogP contribution in [-0.4, -0.2) is 45.7 Å². The summed E-state index contributed by atoms with van der Waals surface area (Å²) in [5.74, 6) is 0. The lowest BCUT2D eigenvalue weighted by Crippen LogP contribution is -2.50. The minimum Gasteiger partial charge on any atom is -0.329 e. The van der Waals surface area contributed by atoms with Gasteiger partial charge in [0.25, 0.3) is 13.0 Å². The third-order valence-electron chi connectivity index (χ3n) is 8.67. The molecule has 0 aromatic rings. The summed E-state index contributed by atoms with van der Waals surface area (Å²) in [6.45, 7) is 16.7. The lowest BCUT2D eigenvalue weighted by atomic mass is 9.81. The van der Waals surface area contributed by atoms with Crippen molar-refractivity contribution in [1.82, 2.24) is 0 Å². The van der Waals surface area contributed by atoms with Gasteiger partial charge in [-0.3, -0.25) is 9.47 Å². The molecule has 0 aromatic heterocycles. The highest BCUT2D eigenvalue weighted by molar-refractivity contribution is 4.82. The molecule has 0 bridgehead atoms.